The molecule has 0 radical (unpaired) electrons. The number of benzene rings is 1. The van der Waals surface area contributed by atoms with Gasteiger partial charge in [-0.05, 0) is 24.3 Å². The Bertz CT molecular complexity index is 652. The smallest absolute Gasteiger partial charge is 0.291 e. The monoisotopic (exact) mass is 336 g/mol. The van der Waals surface area contributed by atoms with E-state index in [1.165, 1.54) is 6.21 Å². The molecule has 0 bridgehead atoms. The van der Waals surface area contributed by atoms with E-state index in [1.807, 2.05) is 18.2 Å². The van der Waals surface area contributed by atoms with Crippen molar-refractivity contribution < 1.29 is 9.53 Å². The fourth-order valence-corrected chi connectivity index (χ4v) is 1.94. The van der Waals surface area contributed by atoms with Gasteiger partial charge in [-0.25, -0.2) is 5.43 Å². The molecule has 0 aliphatic carbocycles. The Kier molecular flexibility index (Phi) is 4.52. The van der Waals surface area contributed by atoms with Crippen LogP contribution in [0.4, 0.5) is 0 Å². The first-order valence-electron chi connectivity index (χ1n) is 5.77. The van der Waals surface area contributed by atoms with E-state index >= 15 is 0 Å². The number of rotatable bonds is 4. The molecular weight excluding hydrogens is 324 g/mol. The van der Waals surface area contributed by atoms with E-state index in [-0.39, 0.29) is 5.91 Å². The van der Waals surface area contributed by atoms with Crippen molar-refractivity contribution in [1.82, 2.24) is 15.2 Å². The van der Waals surface area contributed by atoms with Crippen LogP contribution in [0.25, 0.3) is 0 Å². The number of hydrogen-bond acceptors (Lipinski definition) is 4. The number of hydrazone groups is 1. The molecule has 1 amide bonds. The van der Waals surface area contributed by atoms with Gasteiger partial charge in [0.25, 0.3) is 5.91 Å². The molecule has 20 heavy (non-hydrogen) atoms. The quantitative estimate of drug-likeness (QED) is 0.685. The van der Waals surface area contributed by atoms with Crippen LogP contribution < -0.4 is 10.2 Å². The molecule has 0 atom stereocenters. The lowest BCUT2D eigenvalue weighted by molar-refractivity contribution is 0.0949. The summed E-state index contributed by atoms with van der Waals surface area (Å²) in [5.74, 6) is 0.305. The van der Waals surface area contributed by atoms with Gasteiger partial charge in [0.15, 0.2) is 5.69 Å². The predicted octanol–water partition coefficient (Wildman–Crippen LogP) is 1.96. The van der Waals surface area contributed by atoms with Crippen LogP contribution in [0.3, 0.4) is 0 Å². The summed E-state index contributed by atoms with van der Waals surface area (Å²) < 4.78 is 7.66. The van der Waals surface area contributed by atoms with Crippen molar-refractivity contribution in [2.45, 2.75) is 0 Å². The maximum absolute atomic E-state index is 11.7. The first-order valence-corrected chi connectivity index (χ1v) is 6.56. The van der Waals surface area contributed by atoms with Crippen LogP contribution in [-0.2, 0) is 7.05 Å². The molecule has 1 aromatic carbocycles. The van der Waals surface area contributed by atoms with E-state index in [9.17, 15) is 4.79 Å². The van der Waals surface area contributed by atoms with Crippen molar-refractivity contribution >= 4 is 28.1 Å². The Morgan fingerprint density at radius 3 is 2.95 bits per heavy atom. The summed E-state index contributed by atoms with van der Waals surface area (Å²) in [5, 5.41) is 7.88. The minimum atomic E-state index is -0.365. The molecule has 0 aliphatic heterocycles. The zero-order chi connectivity index (χ0) is 14.5. The number of carbonyl (C=O) groups excluding carboxylic acids is 1. The topological polar surface area (TPSA) is 68.5 Å². The number of aryl methyl sites for hydroxylation is 1. The summed E-state index contributed by atoms with van der Waals surface area (Å²) in [6.45, 7) is 0. The normalized spacial score (nSPS) is 10.8. The first-order chi connectivity index (χ1) is 9.60. The fourth-order valence-electron chi connectivity index (χ4n) is 1.56. The molecule has 1 heterocycles. The highest BCUT2D eigenvalue weighted by molar-refractivity contribution is 9.10. The zero-order valence-corrected chi connectivity index (χ0v) is 12.6. The van der Waals surface area contributed by atoms with E-state index in [0.717, 1.165) is 10.0 Å². The number of aromatic nitrogens is 2. The summed E-state index contributed by atoms with van der Waals surface area (Å²) in [6.07, 6.45) is 3.21. The number of carbonyl (C=O) groups is 1. The van der Waals surface area contributed by atoms with Crippen molar-refractivity contribution in [3.05, 3.63) is 46.2 Å². The number of nitrogens with zero attached hydrogens (tertiary/aromatic N) is 3. The lowest BCUT2D eigenvalue weighted by atomic mass is 10.2. The van der Waals surface area contributed by atoms with Gasteiger partial charge in [0.2, 0.25) is 0 Å². The maximum Gasteiger partial charge on any atom is 0.291 e. The molecule has 1 N–H and O–H groups in total. The van der Waals surface area contributed by atoms with Crippen LogP contribution >= 0.6 is 15.9 Å². The van der Waals surface area contributed by atoms with Crippen molar-refractivity contribution in [1.29, 1.82) is 0 Å². The molecule has 0 spiro atoms. The average Bonchev–Trinajstić information content (AvgIpc) is 2.86. The van der Waals surface area contributed by atoms with Crippen molar-refractivity contribution in [2.75, 3.05) is 7.11 Å². The Labute approximate surface area is 124 Å². The Hall–Kier alpha value is -2.15. The van der Waals surface area contributed by atoms with E-state index in [4.69, 9.17) is 4.74 Å². The molecule has 0 saturated heterocycles. The predicted molar refractivity (Wildman–Crippen MR) is 79.0 cm³/mol. The van der Waals surface area contributed by atoms with Crippen LogP contribution in [-0.4, -0.2) is 29.0 Å². The maximum atomic E-state index is 11.7. The summed E-state index contributed by atoms with van der Waals surface area (Å²) in [5.41, 5.74) is 3.48. The average molecular weight is 337 g/mol. The van der Waals surface area contributed by atoms with Crippen molar-refractivity contribution in [2.24, 2.45) is 12.1 Å². The standard InChI is InChI=1S/C13H13BrN4O2/c1-18-6-5-11(17-18)13(19)16-15-8-9-7-10(14)3-4-12(9)20-2/h3-8H,1-2H3,(H,16,19)/b15-8-. The molecular formula is C13H13BrN4O2. The van der Waals surface area contributed by atoms with E-state index in [1.54, 1.807) is 31.1 Å². The van der Waals surface area contributed by atoms with Gasteiger partial charge in [-0.3, -0.25) is 9.48 Å². The molecule has 0 saturated carbocycles. The van der Waals surface area contributed by atoms with Gasteiger partial charge in [-0.1, -0.05) is 15.9 Å². The van der Waals surface area contributed by atoms with Crippen LogP contribution in [0.1, 0.15) is 16.1 Å². The van der Waals surface area contributed by atoms with Gasteiger partial charge in [-0.15, -0.1) is 0 Å². The summed E-state index contributed by atoms with van der Waals surface area (Å²) in [7, 11) is 3.32. The second kappa shape index (κ2) is 6.33. The number of ether oxygens (including phenoxy) is 1. The Morgan fingerprint density at radius 2 is 2.30 bits per heavy atom. The third-order valence-corrected chi connectivity index (χ3v) is 3.00. The highest BCUT2D eigenvalue weighted by atomic mass is 79.9. The fraction of sp³-hybridized carbons (Fsp3) is 0.154. The summed E-state index contributed by atoms with van der Waals surface area (Å²) in [4.78, 5) is 11.7. The lowest BCUT2D eigenvalue weighted by Gasteiger charge is -2.04. The summed E-state index contributed by atoms with van der Waals surface area (Å²) >= 11 is 3.37. The number of amides is 1. The van der Waals surface area contributed by atoms with Gasteiger partial charge < -0.3 is 4.74 Å². The van der Waals surface area contributed by atoms with Crippen LogP contribution in [0.2, 0.25) is 0 Å². The van der Waals surface area contributed by atoms with Gasteiger partial charge in [0.1, 0.15) is 5.75 Å². The summed E-state index contributed by atoms with van der Waals surface area (Å²) in [6, 6.07) is 7.13. The molecule has 0 unspecified atom stereocenters. The van der Waals surface area contributed by atoms with Gasteiger partial charge in [0, 0.05) is 23.3 Å². The molecule has 104 valence electrons. The number of halogens is 1. The SMILES string of the molecule is COc1ccc(Br)cc1/C=N\NC(=O)c1ccn(C)n1. The zero-order valence-electron chi connectivity index (χ0n) is 11.0. The minimum Gasteiger partial charge on any atom is -0.496 e. The number of hydrogen-bond donors (Lipinski definition) is 1. The Balaban J connectivity index is 2.07. The van der Waals surface area contributed by atoms with Gasteiger partial charge >= 0.3 is 0 Å². The second-order valence-electron chi connectivity index (χ2n) is 3.96. The second-order valence-corrected chi connectivity index (χ2v) is 4.88. The molecule has 7 heteroatoms. The van der Waals surface area contributed by atoms with E-state index < -0.39 is 0 Å². The Morgan fingerprint density at radius 1 is 1.50 bits per heavy atom. The van der Waals surface area contributed by atoms with Crippen molar-refractivity contribution in [3.63, 3.8) is 0 Å². The van der Waals surface area contributed by atoms with Gasteiger partial charge in [-0.2, -0.15) is 10.2 Å². The van der Waals surface area contributed by atoms with Crippen molar-refractivity contribution in [3.8, 4) is 5.75 Å². The van der Waals surface area contributed by atoms with Crippen LogP contribution in [0.15, 0.2) is 40.0 Å². The minimum absolute atomic E-state index is 0.311. The highest BCUT2D eigenvalue weighted by Crippen LogP contribution is 2.21. The molecule has 6 nitrogen and oxygen atoms in total. The highest BCUT2D eigenvalue weighted by Gasteiger charge is 2.07. The molecule has 2 aromatic rings. The van der Waals surface area contributed by atoms with Crippen LogP contribution in [0, 0.1) is 0 Å². The van der Waals surface area contributed by atoms with E-state index in [2.05, 4.69) is 31.6 Å². The third kappa shape index (κ3) is 3.45. The molecule has 2 rings (SSSR count). The van der Waals surface area contributed by atoms with E-state index in [0.29, 0.717) is 11.4 Å². The molecule has 0 aliphatic rings. The van der Waals surface area contributed by atoms with Gasteiger partial charge in [0.05, 0.1) is 13.3 Å². The number of nitrogens with one attached hydrogen (secondary N) is 1. The largest absolute Gasteiger partial charge is 0.496 e. The lowest BCUT2D eigenvalue weighted by Crippen LogP contribution is -2.18. The third-order valence-electron chi connectivity index (χ3n) is 2.51. The van der Waals surface area contributed by atoms with Crippen LogP contribution in [0.5, 0.6) is 5.75 Å². The molecule has 0 fully saturated rings. The molecule has 1 aromatic heterocycles. The number of methoxy groups -OCH3 is 1. The first kappa shape index (κ1) is 14.3.